The Morgan fingerprint density at radius 2 is 1.76 bits per heavy atom. The zero-order chi connectivity index (χ0) is 12.6. The first-order valence-electron chi connectivity index (χ1n) is 5.37. The smallest absolute Gasteiger partial charge is 0.170 e. The van der Waals surface area contributed by atoms with E-state index >= 15 is 0 Å². The molecular formula is C12H15BrN4. The zero-order valence-corrected chi connectivity index (χ0v) is 11.7. The molecule has 2 N–H and O–H groups in total. The highest BCUT2D eigenvalue weighted by Crippen LogP contribution is 2.28. The predicted molar refractivity (Wildman–Crippen MR) is 72.2 cm³/mol. The lowest BCUT2D eigenvalue weighted by atomic mass is 9.91. The number of aromatic nitrogens is 3. The van der Waals surface area contributed by atoms with Crippen LogP contribution in [0.25, 0.3) is 5.69 Å². The van der Waals surface area contributed by atoms with Crippen LogP contribution in [0.4, 0.5) is 5.82 Å². The van der Waals surface area contributed by atoms with E-state index in [2.05, 4.69) is 47.0 Å². The van der Waals surface area contributed by atoms with E-state index in [9.17, 15) is 0 Å². The summed E-state index contributed by atoms with van der Waals surface area (Å²) in [5.74, 6) is 0.486. The number of nitrogen functional groups attached to an aromatic ring is 1. The molecule has 90 valence electrons. The van der Waals surface area contributed by atoms with Gasteiger partial charge in [-0.2, -0.15) is 0 Å². The van der Waals surface area contributed by atoms with Gasteiger partial charge < -0.3 is 5.73 Å². The van der Waals surface area contributed by atoms with Gasteiger partial charge in [-0.05, 0) is 24.3 Å². The molecule has 0 aliphatic rings. The predicted octanol–water partition coefficient (Wildman–Crippen LogP) is 2.91. The van der Waals surface area contributed by atoms with E-state index < -0.39 is 0 Å². The van der Waals surface area contributed by atoms with Crippen LogP contribution in [-0.4, -0.2) is 15.0 Å². The molecule has 0 fully saturated rings. The monoisotopic (exact) mass is 294 g/mol. The second-order valence-electron chi connectivity index (χ2n) is 4.96. The van der Waals surface area contributed by atoms with Crippen molar-refractivity contribution in [1.82, 2.24) is 15.0 Å². The van der Waals surface area contributed by atoms with Gasteiger partial charge in [0.1, 0.15) is 0 Å². The Morgan fingerprint density at radius 3 is 2.29 bits per heavy atom. The average molecular weight is 295 g/mol. The Bertz CT molecular complexity index is 522. The van der Waals surface area contributed by atoms with E-state index in [1.165, 1.54) is 0 Å². The van der Waals surface area contributed by atoms with Gasteiger partial charge in [-0.3, -0.25) is 0 Å². The number of benzene rings is 1. The molecule has 5 heteroatoms. The molecule has 0 aliphatic carbocycles. The lowest BCUT2D eigenvalue weighted by Crippen LogP contribution is -2.19. The third kappa shape index (κ3) is 2.34. The normalized spacial score (nSPS) is 11.8. The summed E-state index contributed by atoms with van der Waals surface area (Å²) in [7, 11) is 0. The molecule has 2 rings (SSSR count). The van der Waals surface area contributed by atoms with Crippen molar-refractivity contribution in [2.45, 2.75) is 26.2 Å². The van der Waals surface area contributed by atoms with E-state index in [0.29, 0.717) is 5.82 Å². The first-order chi connectivity index (χ1) is 7.89. The number of nitrogens with zero attached hydrogens (tertiary/aromatic N) is 3. The molecule has 0 saturated heterocycles. The van der Waals surface area contributed by atoms with Gasteiger partial charge in [-0.25, -0.2) is 4.68 Å². The van der Waals surface area contributed by atoms with Gasteiger partial charge in [0.25, 0.3) is 0 Å². The number of hydrogen-bond acceptors (Lipinski definition) is 3. The van der Waals surface area contributed by atoms with Crippen LogP contribution in [0.15, 0.2) is 28.7 Å². The quantitative estimate of drug-likeness (QED) is 0.880. The van der Waals surface area contributed by atoms with E-state index in [1.54, 1.807) is 4.68 Å². The Labute approximate surface area is 109 Å². The summed E-state index contributed by atoms with van der Waals surface area (Å²) in [4.78, 5) is 0. The molecule has 4 nitrogen and oxygen atoms in total. The van der Waals surface area contributed by atoms with Crippen LogP contribution >= 0.6 is 15.9 Å². The van der Waals surface area contributed by atoms with Crippen molar-refractivity contribution in [3.05, 3.63) is 34.4 Å². The highest BCUT2D eigenvalue weighted by atomic mass is 79.9. The van der Waals surface area contributed by atoms with Crippen LogP contribution in [0.2, 0.25) is 0 Å². The maximum atomic E-state index is 5.89. The summed E-state index contributed by atoms with van der Waals surface area (Å²) in [6, 6.07) is 7.90. The Balaban J connectivity index is 2.57. The fourth-order valence-corrected chi connectivity index (χ4v) is 2.02. The van der Waals surface area contributed by atoms with Crippen LogP contribution in [-0.2, 0) is 5.41 Å². The molecule has 0 atom stereocenters. The first-order valence-corrected chi connectivity index (χ1v) is 6.16. The van der Waals surface area contributed by atoms with Crippen molar-refractivity contribution >= 4 is 21.7 Å². The Hall–Kier alpha value is -1.36. The minimum atomic E-state index is -0.0966. The highest BCUT2D eigenvalue weighted by Gasteiger charge is 2.24. The summed E-state index contributed by atoms with van der Waals surface area (Å²) in [6.07, 6.45) is 0. The lowest BCUT2D eigenvalue weighted by Gasteiger charge is -2.20. The van der Waals surface area contributed by atoms with Crippen LogP contribution < -0.4 is 5.73 Å². The van der Waals surface area contributed by atoms with E-state index in [1.807, 2.05) is 24.3 Å². The maximum Gasteiger partial charge on any atom is 0.170 e. The van der Waals surface area contributed by atoms with Gasteiger partial charge in [0.15, 0.2) is 5.82 Å². The molecule has 1 aromatic carbocycles. The summed E-state index contributed by atoms with van der Waals surface area (Å²) in [5, 5.41) is 8.07. The van der Waals surface area contributed by atoms with Gasteiger partial charge in [-0.1, -0.05) is 41.9 Å². The van der Waals surface area contributed by atoms with Crippen molar-refractivity contribution in [2.75, 3.05) is 5.73 Å². The van der Waals surface area contributed by atoms with Crippen LogP contribution in [0.1, 0.15) is 26.5 Å². The molecule has 0 spiro atoms. The van der Waals surface area contributed by atoms with Crippen molar-refractivity contribution in [2.24, 2.45) is 0 Å². The van der Waals surface area contributed by atoms with Gasteiger partial charge in [0.05, 0.1) is 11.4 Å². The number of hydrogen-bond donors (Lipinski definition) is 1. The van der Waals surface area contributed by atoms with E-state index in [0.717, 1.165) is 15.9 Å². The summed E-state index contributed by atoms with van der Waals surface area (Å²) >= 11 is 3.41. The lowest BCUT2D eigenvalue weighted by molar-refractivity contribution is 0.544. The highest BCUT2D eigenvalue weighted by molar-refractivity contribution is 9.10. The number of halogens is 1. The van der Waals surface area contributed by atoms with Crippen LogP contribution in [0.5, 0.6) is 0 Å². The van der Waals surface area contributed by atoms with E-state index in [-0.39, 0.29) is 5.41 Å². The molecule has 0 radical (unpaired) electrons. The first kappa shape index (κ1) is 12.1. The third-order valence-electron chi connectivity index (χ3n) is 2.48. The largest absolute Gasteiger partial charge is 0.381 e. The molecule has 0 saturated carbocycles. The maximum absolute atomic E-state index is 5.89. The van der Waals surface area contributed by atoms with Crippen molar-refractivity contribution in [1.29, 1.82) is 0 Å². The molecule has 0 unspecified atom stereocenters. The molecule has 1 heterocycles. The Morgan fingerprint density at radius 1 is 1.18 bits per heavy atom. The van der Waals surface area contributed by atoms with Crippen molar-refractivity contribution in [3.8, 4) is 5.69 Å². The minimum absolute atomic E-state index is 0.0966. The standard InChI is InChI=1S/C12H15BrN4/c1-12(2,3)10-11(14)15-16-17(10)9-6-4-8(13)5-7-9/h4-7H,14H2,1-3H3. The van der Waals surface area contributed by atoms with Crippen molar-refractivity contribution in [3.63, 3.8) is 0 Å². The zero-order valence-electron chi connectivity index (χ0n) is 10.1. The fourth-order valence-electron chi connectivity index (χ4n) is 1.76. The topological polar surface area (TPSA) is 56.7 Å². The van der Waals surface area contributed by atoms with Gasteiger partial charge in [-0.15, -0.1) is 5.10 Å². The second-order valence-corrected chi connectivity index (χ2v) is 5.88. The SMILES string of the molecule is CC(C)(C)c1c(N)nnn1-c1ccc(Br)cc1. The molecular weight excluding hydrogens is 280 g/mol. The minimum Gasteiger partial charge on any atom is -0.381 e. The molecule has 0 aliphatic heterocycles. The third-order valence-corrected chi connectivity index (χ3v) is 3.01. The number of rotatable bonds is 1. The fraction of sp³-hybridized carbons (Fsp3) is 0.333. The van der Waals surface area contributed by atoms with Crippen LogP contribution in [0.3, 0.4) is 0 Å². The molecule has 1 aromatic heterocycles. The Kier molecular flexibility index (Phi) is 2.95. The molecule has 2 aromatic rings. The van der Waals surface area contributed by atoms with Gasteiger partial charge in [0, 0.05) is 9.89 Å². The second kappa shape index (κ2) is 4.14. The van der Waals surface area contributed by atoms with Gasteiger partial charge >= 0.3 is 0 Å². The van der Waals surface area contributed by atoms with Gasteiger partial charge in [0.2, 0.25) is 0 Å². The molecule has 0 bridgehead atoms. The van der Waals surface area contributed by atoms with Crippen molar-refractivity contribution < 1.29 is 0 Å². The number of anilines is 1. The molecule has 17 heavy (non-hydrogen) atoms. The number of nitrogens with two attached hydrogens (primary N) is 1. The summed E-state index contributed by atoms with van der Waals surface area (Å²) in [5.41, 5.74) is 7.69. The summed E-state index contributed by atoms with van der Waals surface area (Å²) in [6.45, 7) is 6.28. The average Bonchev–Trinajstić information content (AvgIpc) is 2.61. The van der Waals surface area contributed by atoms with E-state index in [4.69, 9.17) is 5.73 Å². The summed E-state index contributed by atoms with van der Waals surface area (Å²) < 4.78 is 2.83. The molecule has 0 amide bonds. The van der Waals surface area contributed by atoms with Crippen LogP contribution in [0, 0.1) is 0 Å².